The van der Waals surface area contributed by atoms with E-state index in [1.165, 1.54) is 25.9 Å². The SMILES string of the molecule is CCNCC(CC)N1CC(C)CC(C)C1. The summed E-state index contributed by atoms with van der Waals surface area (Å²) in [6.45, 7) is 14.1. The zero-order chi connectivity index (χ0) is 11.3. The number of rotatable bonds is 5. The van der Waals surface area contributed by atoms with Gasteiger partial charge in [0.15, 0.2) is 0 Å². The van der Waals surface area contributed by atoms with E-state index >= 15 is 0 Å². The highest BCUT2D eigenvalue weighted by molar-refractivity contribution is 4.81. The third-order valence-corrected chi connectivity index (χ3v) is 3.51. The maximum absolute atomic E-state index is 3.48. The zero-order valence-electron chi connectivity index (χ0n) is 10.9. The summed E-state index contributed by atoms with van der Waals surface area (Å²) >= 11 is 0. The van der Waals surface area contributed by atoms with Gasteiger partial charge in [-0.05, 0) is 31.2 Å². The molecule has 2 heteroatoms. The number of nitrogens with zero attached hydrogens (tertiary/aromatic N) is 1. The lowest BCUT2D eigenvalue weighted by molar-refractivity contribution is 0.0925. The molecule has 2 nitrogen and oxygen atoms in total. The van der Waals surface area contributed by atoms with Gasteiger partial charge in [0.2, 0.25) is 0 Å². The van der Waals surface area contributed by atoms with Gasteiger partial charge in [0.05, 0.1) is 0 Å². The molecule has 1 aliphatic heterocycles. The van der Waals surface area contributed by atoms with Crippen molar-refractivity contribution >= 4 is 0 Å². The van der Waals surface area contributed by atoms with Crippen LogP contribution in [0.5, 0.6) is 0 Å². The van der Waals surface area contributed by atoms with Gasteiger partial charge in [0.25, 0.3) is 0 Å². The highest BCUT2D eigenvalue weighted by atomic mass is 15.2. The lowest BCUT2D eigenvalue weighted by atomic mass is 9.90. The van der Waals surface area contributed by atoms with Crippen molar-refractivity contribution in [3.8, 4) is 0 Å². The molecule has 0 saturated carbocycles. The minimum absolute atomic E-state index is 0.746. The quantitative estimate of drug-likeness (QED) is 0.752. The van der Waals surface area contributed by atoms with Crippen LogP contribution in [0, 0.1) is 11.8 Å². The Morgan fingerprint density at radius 3 is 2.27 bits per heavy atom. The minimum atomic E-state index is 0.746. The zero-order valence-corrected chi connectivity index (χ0v) is 10.9. The van der Waals surface area contributed by atoms with Crippen LogP contribution in [0.4, 0.5) is 0 Å². The first-order valence-electron chi connectivity index (χ1n) is 6.62. The number of likely N-dealkylation sites (tertiary alicyclic amines) is 1. The van der Waals surface area contributed by atoms with Gasteiger partial charge in [0, 0.05) is 25.7 Å². The number of likely N-dealkylation sites (N-methyl/N-ethyl adjacent to an activating group) is 1. The summed E-state index contributed by atoms with van der Waals surface area (Å²) in [7, 11) is 0. The molecule has 1 rings (SSSR count). The minimum Gasteiger partial charge on any atom is -0.315 e. The molecule has 1 fully saturated rings. The van der Waals surface area contributed by atoms with E-state index in [4.69, 9.17) is 0 Å². The van der Waals surface area contributed by atoms with E-state index in [1.54, 1.807) is 0 Å². The molecular weight excluding hydrogens is 184 g/mol. The van der Waals surface area contributed by atoms with Gasteiger partial charge in [-0.25, -0.2) is 0 Å². The third kappa shape index (κ3) is 4.12. The molecule has 0 bridgehead atoms. The van der Waals surface area contributed by atoms with Crippen LogP contribution in [0.25, 0.3) is 0 Å². The van der Waals surface area contributed by atoms with Crippen molar-refractivity contribution in [1.82, 2.24) is 10.2 Å². The van der Waals surface area contributed by atoms with Crippen molar-refractivity contribution in [1.29, 1.82) is 0 Å². The highest BCUT2D eigenvalue weighted by Gasteiger charge is 2.25. The molecule has 0 aliphatic carbocycles. The molecule has 15 heavy (non-hydrogen) atoms. The maximum Gasteiger partial charge on any atom is 0.0218 e. The lowest BCUT2D eigenvalue weighted by Gasteiger charge is -2.40. The summed E-state index contributed by atoms with van der Waals surface area (Å²) in [5.41, 5.74) is 0. The monoisotopic (exact) mass is 212 g/mol. The Morgan fingerprint density at radius 1 is 1.20 bits per heavy atom. The topological polar surface area (TPSA) is 15.3 Å². The molecule has 0 aromatic heterocycles. The first-order chi connectivity index (χ1) is 7.17. The molecule has 0 aromatic carbocycles. The second-order valence-electron chi connectivity index (χ2n) is 5.27. The molecule has 0 spiro atoms. The first-order valence-corrected chi connectivity index (χ1v) is 6.62. The predicted octanol–water partition coefficient (Wildman–Crippen LogP) is 2.35. The molecule has 1 saturated heterocycles. The van der Waals surface area contributed by atoms with Gasteiger partial charge in [-0.15, -0.1) is 0 Å². The fourth-order valence-corrected chi connectivity index (χ4v) is 2.85. The maximum atomic E-state index is 3.48. The molecule has 0 radical (unpaired) electrons. The Labute approximate surface area is 95.4 Å². The summed E-state index contributed by atoms with van der Waals surface area (Å²) in [4.78, 5) is 2.70. The van der Waals surface area contributed by atoms with Crippen LogP contribution in [0.3, 0.4) is 0 Å². The van der Waals surface area contributed by atoms with Gasteiger partial charge in [-0.1, -0.05) is 27.7 Å². The van der Waals surface area contributed by atoms with E-state index in [9.17, 15) is 0 Å². The molecule has 90 valence electrons. The Bertz CT molecular complexity index is 160. The predicted molar refractivity (Wildman–Crippen MR) is 67.1 cm³/mol. The third-order valence-electron chi connectivity index (χ3n) is 3.51. The summed E-state index contributed by atoms with van der Waals surface area (Å²) < 4.78 is 0. The van der Waals surface area contributed by atoms with Crippen molar-refractivity contribution in [3.05, 3.63) is 0 Å². The van der Waals surface area contributed by atoms with Gasteiger partial charge in [-0.2, -0.15) is 0 Å². The fraction of sp³-hybridized carbons (Fsp3) is 1.00. The summed E-state index contributed by atoms with van der Waals surface area (Å²) in [5, 5.41) is 3.48. The molecule has 1 aliphatic rings. The van der Waals surface area contributed by atoms with Crippen LogP contribution in [-0.2, 0) is 0 Å². The number of nitrogens with one attached hydrogen (secondary N) is 1. The number of piperidine rings is 1. The Kier molecular flexibility index (Phi) is 5.62. The van der Waals surface area contributed by atoms with E-state index in [-0.39, 0.29) is 0 Å². The van der Waals surface area contributed by atoms with Crippen molar-refractivity contribution in [3.63, 3.8) is 0 Å². The van der Waals surface area contributed by atoms with Gasteiger partial charge >= 0.3 is 0 Å². The largest absolute Gasteiger partial charge is 0.315 e. The number of hydrogen-bond acceptors (Lipinski definition) is 2. The van der Waals surface area contributed by atoms with Crippen molar-refractivity contribution < 1.29 is 0 Å². The summed E-state index contributed by atoms with van der Waals surface area (Å²) in [6, 6.07) is 0.746. The van der Waals surface area contributed by atoms with E-state index in [1.807, 2.05) is 0 Å². The fourth-order valence-electron chi connectivity index (χ4n) is 2.85. The average molecular weight is 212 g/mol. The highest BCUT2D eigenvalue weighted by Crippen LogP contribution is 2.23. The van der Waals surface area contributed by atoms with E-state index in [0.717, 1.165) is 31.0 Å². The van der Waals surface area contributed by atoms with Crippen molar-refractivity contribution in [2.24, 2.45) is 11.8 Å². The summed E-state index contributed by atoms with van der Waals surface area (Å²) in [5.74, 6) is 1.76. The standard InChI is InChI=1S/C13H28N2/c1-5-13(8-14-6-2)15-9-11(3)7-12(4)10-15/h11-14H,5-10H2,1-4H3. The molecule has 1 heterocycles. The molecular formula is C13H28N2. The van der Waals surface area contributed by atoms with Crippen LogP contribution in [0.2, 0.25) is 0 Å². The second-order valence-corrected chi connectivity index (χ2v) is 5.27. The Morgan fingerprint density at radius 2 is 1.80 bits per heavy atom. The Balaban J connectivity index is 2.43. The van der Waals surface area contributed by atoms with Crippen LogP contribution in [-0.4, -0.2) is 37.1 Å². The van der Waals surface area contributed by atoms with E-state index in [2.05, 4.69) is 37.9 Å². The van der Waals surface area contributed by atoms with Crippen molar-refractivity contribution in [2.75, 3.05) is 26.2 Å². The van der Waals surface area contributed by atoms with Crippen LogP contribution in [0.1, 0.15) is 40.5 Å². The Hall–Kier alpha value is -0.0800. The van der Waals surface area contributed by atoms with Crippen LogP contribution < -0.4 is 5.32 Å². The first kappa shape index (κ1) is 13.0. The van der Waals surface area contributed by atoms with Gasteiger partial charge in [0.1, 0.15) is 0 Å². The smallest absolute Gasteiger partial charge is 0.0218 e. The van der Waals surface area contributed by atoms with Crippen LogP contribution >= 0.6 is 0 Å². The van der Waals surface area contributed by atoms with Crippen molar-refractivity contribution in [2.45, 2.75) is 46.6 Å². The van der Waals surface area contributed by atoms with Gasteiger partial charge < -0.3 is 5.32 Å². The molecule has 1 N–H and O–H groups in total. The van der Waals surface area contributed by atoms with Crippen LogP contribution in [0.15, 0.2) is 0 Å². The summed E-state index contributed by atoms with van der Waals surface area (Å²) in [6.07, 6.45) is 2.68. The van der Waals surface area contributed by atoms with E-state index < -0.39 is 0 Å². The number of hydrogen-bond donors (Lipinski definition) is 1. The second kappa shape index (κ2) is 6.49. The molecule has 0 aromatic rings. The lowest BCUT2D eigenvalue weighted by Crippen LogP contribution is -2.48. The molecule has 3 unspecified atom stereocenters. The van der Waals surface area contributed by atoms with E-state index in [0.29, 0.717) is 0 Å². The molecule has 0 amide bonds. The normalized spacial score (nSPS) is 30.4. The molecule has 3 atom stereocenters. The van der Waals surface area contributed by atoms with Gasteiger partial charge in [-0.3, -0.25) is 4.90 Å². The average Bonchev–Trinajstić information content (AvgIpc) is 2.17.